The minimum atomic E-state index is -0.173. The Morgan fingerprint density at radius 2 is 1.62 bits per heavy atom. The van der Waals surface area contributed by atoms with E-state index in [9.17, 15) is 4.79 Å². The lowest BCUT2D eigenvalue weighted by atomic mass is 10.2. The zero-order chi connectivity index (χ0) is 22.3. The van der Waals surface area contributed by atoms with Gasteiger partial charge in [0.05, 0.1) is 6.61 Å². The molecule has 0 spiro atoms. The maximum atomic E-state index is 12.5. The predicted molar refractivity (Wildman–Crippen MR) is 122 cm³/mol. The van der Waals surface area contributed by atoms with Crippen molar-refractivity contribution < 1.29 is 18.8 Å². The molecule has 1 amide bonds. The van der Waals surface area contributed by atoms with Gasteiger partial charge < -0.3 is 18.9 Å². The molecule has 7 heteroatoms. The summed E-state index contributed by atoms with van der Waals surface area (Å²) in [6, 6.07) is 24.3. The highest BCUT2D eigenvalue weighted by molar-refractivity contribution is 5.93. The summed E-state index contributed by atoms with van der Waals surface area (Å²) in [6.45, 7) is 2.21. The average molecular weight is 429 g/mol. The first-order valence-electron chi connectivity index (χ1n) is 10.3. The van der Waals surface area contributed by atoms with Gasteiger partial charge in [0.1, 0.15) is 0 Å². The zero-order valence-electron chi connectivity index (χ0n) is 17.9. The molecule has 0 unspecified atom stereocenters. The van der Waals surface area contributed by atoms with Gasteiger partial charge in [-0.1, -0.05) is 41.6 Å². The molecule has 4 aromatic rings. The van der Waals surface area contributed by atoms with Crippen molar-refractivity contribution in [2.75, 3.05) is 25.2 Å². The summed E-state index contributed by atoms with van der Waals surface area (Å²) in [5.41, 5.74) is 2.37. The summed E-state index contributed by atoms with van der Waals surface area (Å²) in [5.74, 6) is 1.68. The molecule has 0 aliphatic carbocycles. The van der Waals surface area contributed by atoms with Gasteiger partial charge in [-0.05, 0) is 49.4 Å². The van der Waals surface area contributed by atoms with Crippen LogP contribution >= 0.6 is 0 Å². The standard InChI is InChI=1S/C25H23N3O4/c1-3-30-22-16-19(24-26-25(32-27-24)18-10-6-4-7-11-18)14-15-21(22)31-17-23(29)28(2)20-12-8-5-9-13-20/h4-16H,3,17H2,1-2H3. The van der Waals surface area contributed by atoms with Crippen LogP contribution in [0.25, 0.3) is 22.8 Å². The van der Waals surface area contributed by atoms with Crippen LogP contribution in [0.15, 0.2) is 83.4 Å². The molecular formula is C25H23N3O4. The summed E-state index contributed by atoms with van der Waals surface area (Å²) < 4.78 is 16.9. The van der Waals surface area contributed by atoms with Gasteiger partial charge in [0.25, 0.3) is 11.8 Å². The van der Waals surface area contributed by atoms with Crippen LogP contribution in [-0.2, 0) is 4.79 Å². The molecule has 0 radical (unpaired) electrons. The van der Waals surface area contributed by atoms with Gasteiger partial charge in [-0.2, -0.15) is 4.98 Å². The molecule has 4 rings (SSSR count). The maximum Gasteiger partial charge on any atom is 0.264 e. The highest BCUT2D eigenvalue weighted by atomic mass is 16.5. The Labute approximate surface area is 186 Å². The third-order valence-corrected chi connectivity index (χ3v) is 4.82. The van der Waals surface area contributed by atoms with Gasteiger partial charge in [-0.3, -0.25) is 4.79 Å². The van der Waals surface area contributed by atoms with E-state index in [0.29, 0.717) is 29.8 Å². The number of hydrogen-bond acceptors (Lipinski definition) is 6. The number of anilines is 1. The van der Waals surface area contributed by atoms with Gasteiger partial charge in [0, 0.05) is 23.9 Å². The Bertz CT molecular complexity index is 1180. The predicted octanol–water partition coefficient (Wildman–Crippen LogP) is 4.84. The molecule has 1 heterocycles. The molecule has 0 aliphatic rings. The molecular weight excluding hydrogens is 406 g/mol. The Morgan fingerprint density at radius 3 is 2.34 bits per heavy atom. The monoisotopic (exact) mass is 429 g/mol. The van der Waals surface area contributed by atoms with Gasteiger partial charge in [0.2, 0.25) is 5.82 Å². The Morgan fingerprint density at radius 1 is 0.906 bits per heavy atom. The van der Waals surface area contributed by atoms with E-state index in [0.717, 1.165) is 16.8 Å². The lowest BCUT2D eigenvalue weighted by Gasteiger charge is -2.18. The van der Waals surface area contributed by atoms with Crippen LogP contribution in [0.3, 0.4) is 0 Å². The first-order valence-corrected chi connectivity index (χ1v) is 10.3. The minimum absolute atomic E-state index is 0.120. The second-order valence-electron chi connectivity index (χ2n) is 6.96. The summed E-state index contributed by atoms with van der Waals surface area (Å²) in [5, 5.41) is 4.08. The van der Waals surface area contributed by atoms with Crippen molar-refractivity contribution in [3.8, 4) is 34.3 Å². The minimum Gasteiger partial charge on any atom is -0.490 e. The fourth-order valence-electron chi connectivity index (χ4n) is 3.11. The highest BCUT2D eigenvalue weighted by Gasteiger charge is 2.16. The van der Waals surface area contributed by atoms with Crippen molar-refractivity contribution in [3.63, 3.8) is 0 Å². The number of ether oxygens (including phenoxy) is 2. The van der Waals surface area contributed by atoms with Crippen molar-refractivity contribution in [2.24, 2.45) is 0 Å². The van der Waals surface area contributed by atoms with E-state index in [-0.39, 0.29) is 12.5 Å². The molecule has 0 saturated carbocycles. The van der Waals surface area contributed by atoms with Crippen molar-refractivity contribution >= 4 is 11.6 Å². The lowest BCUT2D eigenvalue weighted by Crippen LogP contribution is -2.31. The van der Waals surface area contributed by atoms with E-state index in [1.165, 1.54) is 0 Å². The third kappa shape index (κ3) is 4.78. The van der Waals surface area contributed by atoms with Crippen LogP contribution in [-0.4, -0.2) is 36.3 Å². The van der Waals surface area contributed by atoms with Crippen molar-refractivity contribution in [1.29, 1.82) is 0 Å². The number of benzene rings is 3. The first kappa shape index (κ1) is 21.1. The van der Waals surface area contributed by atoms with E-state index >= 15 is 0 Å². The Kier molecular flexibility index (Phi) is 6.46. The van der Waals surface area contributed by atoms with E-state index in [2.05, 4.69) is 10.1 Å². The maximum absolute atomic E-state index is 12.5. The number of nitrogens with zero attached hydrogens (tertiary/aromatic N) is 3. The Hall–Kier alpha value is -4.13. The van der Waals surface area contributed by atoms with Gasteiger partial charge >= 0.3 is 0 Å². The highest BCUT2D eigenvalue weighted by Crippen LogP contribution is 2.33. The third-order valence-electron chi connectivity index (χ3n) is 4.82. The largest absolute Gasteiger partial charge is 0.490 e. The average Bonchev–Trinajstić information content (AvgIpc) is 3.34. The van der Waals surface area contributed by atoms with Crippen LogP contribution < -0.4 is 14.4 Å². The fourth-order valence-corrected chi connectivity index (χ4v) is 3.11. The van der Waals surface area contributed by atoms with Crippen LogP contribution in [0.2, 0.25) is 0 Å². The molecule has 7 nitrogen and oxygen atoms in total. The van der Waals surface area contributed by atoms with E-state index in [4.69, 9.17) is 14.0 Å². The lowest BCUT2D eigenvalue weighted by molar-refractivity contribution is -0.120. The number of carbonyl (C=O) groups excluding carboxylic acids is 1. The molecule has 3 aromatic carbocycles. The van der Waals surface area contributed by atoms with Gasteiger partial charge in [0.15, 0.2) is 18.1 Å². The second kappa shape index (κ2) is 9.78. The molecule has 0 N–H and O–H groups in total. The SMILES string of the molecule is CCOc1cc(-c2noc(-c3ccccc3)n2)ccc1OCC(=O)N(C)c1ccccc1. The van der Waals surface area contributed by atoms with Gasteiger partial charge in [-0.25, -0.2) is 0 Å². The van der Waals surface area contributed by atoms with E-state index in [1.807, 2.05) is 73.7 Å². The smallest absolute Gasteiger partial charge is 0.264 e. The summed E-state index contributed by atoms with van der Waals surface area (Å²) in [6.07, 6.45) is 0. The number of aromatic nitrogens is 2. The molecule has 32 heavy (non-hydrogen) atoms. The fraction of sp³-hybridized carbons (Fsp3) is 0.160. The zero-order valence-corrected chi connectivity index (χ0v) is 17.9. The Balaban J connectivity index is 1.50. The molecule has 1 aromatic heterocycles. The van der Waals surface area contributed by atoms with Crippen molar-refractivity contribution in [3.05, 3.63) is 78.9 Å². The van der Waals surface area contributed by atoms with E-state index < -0.39 is 0 Å². The summed E-state index contributed by atoms with van der Waals surface area (Å²) >= 11 is 0. The van der Waals surface area contributed by atoms with Crippen LogP contribution in [0, 0.1) is 0 Å². The van der Waals surface area contributed by atoms with Gasteiger partial charge in [-0.15, -0.1) is 0 Å². The molecule has 0 atom stereocenters. The quantitative estimate of drug-likeness (QED) is 0.399. The van der Waals surface area contributed by atoms with Crippen LogP contribution in [0.5, 0.6) is 11.5 Å². The molecule has 0 bridgehead atoms. The number of amides is 1. The summed E-state index contributed by atoms with van der Waals surface area (Å²) in [7, 11) is 1.72. The van der Waals surface area contributed by atoms with Crippen molar-refractivity contribution in [2.45, 2.75) is 6.92 Å². The molecule has 0 saturated heterocycles. The number of para-hydroxylation sites is 1. The second-order valence-corrected chi connectivity index (χ2v) is 6.96. The number of hydrogen-bond donors (Lipinski definition) is 0. The molecule has 162 valence electrons. The normalized spacial score (nSPS) is 10.6. The van der Waals surface area contributed by atoms with Crippen molar-refractivity contribution in [1.82, 2.24) is 10.1 Å². The molecule has 0 fully saturated rings. The van der Waals surface area contributed by atoms with Crippen LogP contribution in [0.1, 0.15) is 6.92 Å². The number of rotatable bonds is 8. The summed E-state index contributed by atoms with van der Waals surface area (Å²) in [4.78, 5) is 18.6. The van der Waals surface area contributed by atoms with Crippen LogP contribution in [0.4, 0.5) is 5.69 Å². The number of likely N-dealkylation sites (N-methyl/N-ethyl adjacent to an activating group) is 1. The first-order chi connectivity index (χ1) is 15.7. The topological polar surface area (TPSA) is 77.7 Å². The number of carbonyl (C=O) groups is 1. The van der Waals surface area contributed by atoms with E-state index in [1.54, 1.807) is 24.1 Å². The molecule has 0 aliphatic heterocycles.